The van der Waals surface area contributed by atoms with Crippen LogP contribution >= 0.6 is 11.8 Å². The zero-order valence-corrected chi connectivity index (χ0v) is 22.8. The van der Waals surface area contributed by atoms with Gasteiger partial charge < -0.3 is 30.5 Å². The first-order valence-electron chi connectivity index (χ1n) is 12.7. The molecule has 208 valence electrons. The number of nitrogens with zero attached hydrogens (tertiary/aromatic N) is 2. The molecule has 1 fully saturated rings. The van der Waals surface area contributed by atoms with E-state index in [-0.39, 0.29) is 5.82 Å². The monoisotopic (exact) mass is 561 g/mol. The van der Waals surface area contributed by atoms with Crippen LogP contribution in [0.4, 0.5) is 5.82 Å². The number of rotatable bonds is 8. The first kappa shape index (κ1) is 27.7. The molecule has 10 heteroatoms. The maximum Gasteiger partial charge on any atom is 0.350 e. The second kappa shape index (κ2) is 11.3. The molecule has 3 aromatic carbocycles. The first-order valence-corrected chi connectivity index (χ1v) is 13.6. The molecular formula is C30H31N3O6S. The highest BCUT2D eigenvalue weighted by Crippen LogP contribution is 2.51. The maximum absolute atomic E-state index is 12.6. The highest BCUT2D eigenvalue weighted by atomic mass is 32.2. The maximum atomic E-state index is 12.6. The number of nitrogens with two attached hydrogens (primary N) is 1. The number of benzene rings is 3. The van der Waals surface area contributed by atoms with Crippen LogP contribution in [-0.2, 0) is 5.41 Å². The smallest absolute Gasteiger partial charge is 0.350 e. The summed E-state index contributed by atoms with van der Waals surface area (Å²) in [6, 6.07) is 25.8. The van der Waals surface area contributed by atoms with E-state index in [4.69, 9.17) is 15.2 Å². The van der Waals surface area contributed by atoms with E-state index in [1.807, 2.05) is 78.9 Å². The van der Waals surface area contributed by atoms with Crippen LogP contribution in [0.1, 0.15) is 22.1 Å². The molecule has 1 aliphatic heterocycles. The van der Waals surface area contributed by atoms with Crippen LogP contribution in [0.5, 0.6) is 11.5 Å². The number of aromatic nitrogens is 2. The highest BCUT2D eigenvalue weighted by Gasteiger charge is 2.54. The van der Waals surface area contributed by atoms with Gasteiger partial charge in [-0.2, -0.15) is 4.98 Å². The van der Waals surface area contributed by atoms with Gasteiger partial charge in [0.15, 0.2) is 0 Å². The third-order valence-electron chi connectivity index (χ3n) is 7.48. The molecule has 0 bridgehead atoms. The Morgan fingerprint density at radius 3 is 1.88 bits per heavy atom. The van der Waals surface area contributed by atoms with Gasteiger partial charge in [-0.3, -0.25) is 4.57 Å². The van der Waals surface area contributed by atoms with E-state index in [2.05, 4.69) is 4.98 Å². The lowest BCUT2D eigenvalue weighted by atomic mass is 9.64. The van der Waals surface area contributed by atoms with E-state index < -0.39 is 40.0 Å². The van der Waals surface area contributed by atoms with Crippen LogP contribution in [0.15, 0.2) is 95.9 Å². The van der Waals surface area contributed by atoms with Crippen molar-refractivity contribution in [3.63, 3.8) is 0 Å². The lowest BCUT2D eigenvalue weighted by molar-refractivity contribution is -0.0122. The quantitative estimate of drug-likeness (QED) is 0.239. The van der Waals surface area contributed by atoms with Crippen molar-refractivity contribution >= 4 is 17.6 Å². The third-order valence-corrected chi connectivity index (χ3v) is 9.11. The van der Waals surface area contributed by atoms with Gasteiger partial charge >= 0.3 is 5.69 Å². The first-order chi connectivity index (χ1) is 19.3. The second-order valence-electron chi connectivity index (χ2n) is 9.59. The molecule has 1 aliphatic rings. The van der Waals surface area contributed by atoms with Crippen LogP contribution in [0.3, 0.4) is 0 Å². The summed E-state index contributed by atoms with van der Waals surface area (Å²) < 4.78 is 12.0. The van der Waals surface area contributed by atoms with Crippen LogP contribution in [0, 0.1) is 0 Å². The summed E-state index contributed by atoms with van der Waals surface area (Å²) in [6.45, 7) is 0. The van der Waals surface area contributed by atoms with Crippen LogP contribution < -0.4 is 20.9 Å². The Hall–Kier alpha value is -3.83. The fraction of sp³-hybridized carbons (Fsp3) is 0.267. The molecule has 1 unspecified atom stereocenters. The Bertz CT molecular complexity index is 1450. The Labute approximate surface area is 235 Å². The number of nitrogen functional groups attached to an aromatic ring is 1. The summed E-state index contributed by atoms with van der Waals surface area (Å²) >= 11 is 1.12. The highest BCUT2D eigenvalue weighted by molar-refractivity contribution is 8.00. The Kier molecular flexibility index (Phi) is 7.86. The van der Waals surface area contributed by atoms with Crippen molar-refractivity contribution in [1.82, 2.24) is 9.55 Å². The molecule has 5 N–H and O–H groups in total. The molecule has 9 nitrogen and oxygen atoms in total. The summed E-state index contributed by atoms with van der Waals surface area (Å²) in [5.41, 5.74) is 6.07. The van der Waals surface area contributed by atoms with Crippen molar-refractivity contribution in [2.24, 2.45) is 0 Å². The van der Waals surface area contributed by atoms with Crippen molar-refractivity contribution in [2.75, 3.05) is 20.0 Å². The minimum Gasteiger partial charge on any atom is -0.497 e. The van der Waals surface area contributed by atoms with Crippen molar-refractivity contribution < 1.29 is 24.8 Å². The van der Waals surface area contributed by atoms with E-state index in [1.165, 1.54) is 16.8 Å². The van der Waals surface area contributed by atoms with E-state index in [1.54, 1.807) is 14.2 Å². The standard InChI is InChI=1S/C30H31N3O6S/c1-38-21-12-8-19(9-13-21)30(18-6-4-3-5-7-18,20-10-14-22(39-2)15-11-20)27(36)26-24(34)25(35)28(40-26)33-17-16-23(31)32-29(33)37/h3-17,24-28,34-36H,1-2H3,(H2,31,32,37)/t24-,25+,26-,27?,28+/m0/s1. The van der Waals surface area contributed by atoms with Gasteiger partial charge in [-0.25, -0.2) is 4.79 Å². The van der Waals surface area contributed by atoms with Gasteiger partial charge in [0.05, 0.1) is 37.1 Å². The van der Waals surface area contributed by atoms with Gasteiger partial charge in [-0.05, 0) is 47.0 Å². The Balaban J connectivity index is 1.70. The summed E-state index contributed by atoms with van der Waals surface area (Å²) in [7, 11) is 3.16. The summed E-state index contributed by atoms with van der Waals surface area (Å²) in [6.07, 6.45) is -2.56. The number of ether oxygens (including phenoxy) is 2. The van der Waals surface area contributed by atoms with Gasteiger partial charge in [0, 0.05) is 6.20 Å². The number of thioether (sulfide) groups is 1. The van der Waals surface area contributed by atoms with E-state index >= 15 is 0 Å². The zero-order valence-electron chi connectivity index (χ0n) is 22.0. The van der Waals surface area contributed by atoms with Gasteiger partial charge in [0.25, 0.3) is 0 Å². The van der Waals surface area contributed by atoms with Crippen molar-refractivity contribution in [3.8, 4) is 11.5 Å². The summed E-state index contributed by atoms with van der Waals surface area (Å²) in [4.78, 5) is 16.4. The normalized spacial score (nSPS) is 21.6. The average Bonchev–Trinajstić information content (AvgIpc) is 3.28. The number of hydrogen-bond donors (Lipinski definition) is 4. The SMILES string of the molecule is COc1ccc(C(c2ccccc2)(c2ccc(OC)cc2)C(O)[C@H]2S[C@@H](n3ccc(N)nc3=O)[C@H](O)[C@@H]2O)cc1. The van der Waals surface area contributed by atoms with Gasteiger partial charge in [0.2, 0.25) is 0 Å². The minimum atomic E-state index is -1.37. The van der Waals surface area contributed by atoms with Crippen LogP contribution in [-0.4, -0.2) is 62.7 Å². The van der Waals surface area contributed by atoms with E-state index in [0.29, 0.717) is 11.5 Å². The van der Waals surface area contributed by atoms with Crippen LogP contribution in [0.25, 0.3) is 0 Å². The molecule has 0 spiro atoms. The Morgan fingerprint density at radius 1 is 0.850 bits per heavy atom. The molecule has 1 saturated heterocycles. The fourth-order valence-corrected chi connectivity index (χ4v) is 7.07. The largest absolute Gasteiger partial charge is 0.497 e. The minimum absolute atomic E-state index is 0.0537. The molecular weight excluding hydrogens is 530 g/mol. The topological polar surface area (TPSA) is 140 Å². The molecule has 0 amide bonds. The number of anilines is 1. The van der Waals surface area contributed by atoms with Crippen LogP contribution in [0.2, 0.25) is 0 Å². The molecule has 5 rings (SSSR count). The molecule has 5 atom stereocenters. The van der Waals surface area contributed by atoms with Crippen molar-refractivity contribution in [3.05, 3.63) is 118 Å². The van der Waals surface area contributed by atoms with Crippen molar-refractivity contribution in [2.45, 2.75) is 34.4 Å². The van der Waals surface area contributed by atoms with E-state index in [9.17, 15) is 20.1 Å². The Morgan fingerprint density at radius 2 is 1.38 bits per heavy atom. The average molecular weight is 562 g/mol. The fourth-order valence-electron chi connectivity index (χ4n) is 5.46. The predicted octanol–water partition coefficient (Wildman–Crippen LogP) is 2.57. The molecule has 40 heavy (non-hydrogen) atoms. The number of hydrogen-bond acceptors (Lipinski definition) is 9. The van der Waals surface area contributed by atoms with Gasteiger partial charge in [-0.15, -0.1) is 11.8 Å². The van der Waals surface area contributed by atoms with Gasteiger partial charge in [-0.1, -0.05) is 54.6 Å². The second-order valence-corrected chi connectivity index (χ2v) is 10.9. The molecule has 0 radical (unpaired) electrons. The van der Waals surface area contributed by atoms with E-state index in [0.717, 1.165) is 28.5 Å². The number of aliphatic hydroxyl groups is 3. The zero-order chi connectivity index (χ0) is 28.4. The number of methoxy groups -OCH3 is 2. The molecule has 1 aromatic heterocycles. The summed E-state index contributed by atoms with van der Waals surface area (Å²) in [5.74, 6) is 1.35. The third kappa shape index (κ3) is 4.73. The summed E-state index contributed by atoms with van der Waals surface area (Å²) in [5, 5.41) is 33.1. The molecule has 0 aliphatic carbocycles. The van der Waals surface area contributed by atoms with Crippen molar-refractivity contribution in [1.29, 1.82) is 0 Å². The lowest BCUT2D eigenvalue weighted by Gasteiger charge is -2.43. The lowest BCUT2D eigenvalue weighted by Crippen LogP contribution is -2.51. The molecule has 0 saturated carbocycles. The predicted molar refractivity (Wildman–Crippen MR) is 154 cm³/mol. The molecule has 2 heterocycles. The number of aliphatic hydroxyl groups excluding tert-OH is 3. The molecule has 4 aromatic rings. The van der Waals surface area contributed by atoms with Gasteiger partial charge in [0.1, 0.15) is 28.8 Å².